The molecule has 2 rings (SSSR count). The van der Waals surface area contributed by atoms with Crippen LogP contribution in [0.1, 0.15) is 43.5 Å². The summed E-state index contributed by atoms with van der Waals surface area (Å²) < 4.78 is 0. The van der Waals surface area contributed by atoms with Crippen molar-refractivity contribution < 1.29 is 0 Å². The minimum atomic E-state index is 0.443. The molecule has 2 heterocycles. The van der Waals surface area contributed by atoms with Gasteiger partial charge in [0.2, 0.25) is 0 Å². The zero-order chi connectivity index (χ0) is 13.1. The van der Waals surface area contributed by atoms with Gasteiger partial charge in [-0.25, -0.2) is 0 Å². The summed E-state index contributed by atoms with van der Waals surface area (Å²) in [5.41, 5.74) is 9.05. The molecular formula is C13H20N4S. The van der Waals surface area contributed by atoms with Crippen LogP contribution in [-0.2, 0) is 12.8 Å². The van der Waals surface area contributed by atoms with Crippen molar-refractivity contribution in [3.8, 4) is 0 Å². The van der Waals surface area contributed by atoms with E-state index in [1.807, 2.05) is 0 Å². The Kier molecular flexibility index (Phi) is 4.11. The molecule has 0 atom stereocenters. The third-order valence-electron chi connectivity index (χ3n) is 3.48. The van der Waals surface area contributed by atoms with Crippen LogP contribution in [-0.4, -0.2) is 28.3 Å². The molecular weight excluding hydrogens is 244 g/mol. The highest BCUT2D eigenvalue weighted by atomic mass is 32.1. The Bertz CT molecular complexity index is 453. The average Bonchev–Trinajstić information content (AvgIpc) is 2.90. The monoisotopic (exact) mass is 264 g/mol. The molecule has 0 amide bonds. The number of nitrogens with two attached hydrogens (primary N) is 1. The quantitative estimate of drug-likeness (QED) is 0.841. The summed E-state index contributed by atoms with van der Waals surface area (Å²) in [6.45, 7) is 6.26. The summed E-state index contributed by atoms with van der Waals surface area (Å²) in [5, 5.41) is 8.72. The highest BCUT2D eigenvalue weighted by Crippen LogP contribution is 2.26. The van der Waals surface area contributed by atoms with Crippen molar-refractivity contribution in [1.82, 2.24) is 10.2 Å². The van der Waals surface area contributed by atoms with Crippen molar-refractivity contribution in [2.24, 2.45) is 5.73 Å². The number of aromatic nitrogens is 2. The molecule has 0 aliphatic carbocycles. The largest absolute Gasteiger partial charge is 0.389 e. The van der Waals surface area contributed by atoms with Crippen LogP contribution < -0.4 is 10.6 Å². The molecule has 0 aromatic carbocycles. The molecule has 18 heavy (non-hydrogen) atoms. The second-order valence-electron chi connectivity index (χ2n) is 4.59. The van der Waals surface area contributed by atoms with Gasteiger partial charge in [0.15, 0.2) is 5.82 Å². The van der Waals surface area contributed by atoms with Crippen LogP contribution in [0.25, 0.3) is 0 Å². The maximum atomic E-state index is 5.92. The summed E-state index contributed by atoms with van der Waals surface area (Å²) in [4.78, 5) is 2.69. The smallest absolute Gasteiger partial charge is 0.161 e. The average molecular weight is 264 g/mol. The van der Waals surface area contributed by atoms with Crippen molar-refractivity contribution >= 4 is 23.0 Å². The van der Waals surface area contributed by atoms with Crippen LogP contribution in [0.2, 0.25) is 0 Å². The van der Waals surface area contributed by atoms with E-state index in [9.17, 15) is 0 Å². The molecule has 4 nitrogen and oxygen atoms in total. The van der Waals surface area contributed by atoms with Gasteiger partial charge in [-0.1, -0.05) is 26.1 Å². The van der Waals surface area contributed by atoms with Gasteiger partial charge < -0.3 is 10.6 Å². The van der Waals surface area contributed by atoms with Crippen molar-refractivity contribution in [3.63, 3.8) is 0 Å². The molecule has 0 bridgehead atoms. The normalized spacial score (nSPS) is 15.1. The van der Waals surface area contributed by atoms with Crippen LogP contribution in [0.15, 0.2) is 0 Å². The predicted octanol–water partition coefficient (Wildman–Crippen LogP) is 1.84. The first-order chi connectivity index (χ1) is 8.69. The SMILES string of the molecule is CCc1nnc(N2CCCC2)c(C(N)=S)c1CC. The van der Waals surface area contributed by atoms with E-state index in [4.69, 9.17) is 18.0 Å². The van der Waals surface area contributed by atoms with E-state index in [-0.39, 0.29) is 0 Å². The van der Waals surface area contributed by atoms with Crippen LogP contribution in [0.3, 0.4) is 0 Å². The molecule has 5 heteroatoms. The minimum absolute atomic E-state index is 0.443. The van der Waals surface area contributed by atoms with Gasteiger partial charge in [0.25, 0.3) is 0 Å². The Labute approximate surface area is 114 Å². The maximum Gasteiger partial charge on any atom is 0.161 e. The molecule has 1 aliphatic rings. The lowest BCUT2D eigenvalue weighted by Gasteiger charge is -2.21. The van der Waals surface area contributed by atoms with Gasteiger partial charge in [0.05, 0.1) is 11.3 Å². The van der Waals surface area contributed by atoms with Gasteiger partial charge in [-0.05, 0) is 31.2 Å². The number of thiocarbonyl (C=S) groups is 1. The molecule has 1 aromatic rings. The maximum absolute atomic E-state index is 5.92. The van der Waals surface area contributed by atoms with Gasteiger partial charge in [-0.15, -0.1) is 5.10 Å². The molecule has 1 fully saturated rings. The molecule has 1 saturated heterocycles. The fourth-order valence-corrected chi connectivity index (χ4v) is 2.79. The van der Waals surface area contributed by atoms with E-state index in [1.54, 1.807) is 0 Å². The number of aryl methyl sites for hydroxylation is 1. The van der Waals surface area contributed by atoms with Gasteiger partial charge in [-0.2, -0.15) is 5.10 Å². The fourth-order valence-electron chi connectivity index (χ4n) is 2.57. The highest BCUT2D eigenvalue weighted by Gasteiger charge is 2.22. The topological polar surface area (TPSA) is 55.0 Å². The molecule has 2 N–H and O–H groups in total. The summed E-state index contributed by atoms with van der Waals surface area (Å²) in [7, 11) is 0. The van der Waals surface area contributed by atoms with Crippen LogP contribution in [0.4, 0.5) is 5.82 Å². The Hall–Kier alpha value is -1.23. The summed E-state index contributed by atoms with van der Waals surface area (Å²) in [5.74, 6) is 0.883. The number of anilines is 1. The van der Waals surface area contributed by atoms with Gasteiger partial charge in [-0.3, -0.25) is 0 Å². The van der Waals surface area contributed by atoms with E-state index < -0.39 is 0 Å². The van der Waals surface area contributed by atoms with Crippen molar-refractivity contribution in [3.05, 3.63) is 16.8 Å². The first-order valence-corrected chi connectivity index (χ1v) is 7.03. The molecule has 1 aliphatic heterocycles. The lowest BCUT2D eigenvalue weighted by molar-refractivity contribution is 0.833. The summed E-state index contributed by atoms with van der Waals surface area (Å²) >= 11 is 5.23. The highest BCUT2D eigenvalue weighted by molar-refractivity contribution is 7.80. The lowest BCUT2D eigenvalue weighted by Crippen LogP contribution is -2.26. The second kappa shape index (κ2) is 5.61. The van der Waals surface area contributed by atoms with Crippen molar-refractivity contribution in [1.29, 1.82) is 0 Å². The molecule has 0 unspecified atom stereocenters. The third-order valence-corrected chi connectivity index (χ3v) is 3.68. The zero-order valence-corrected chi connectivity index (χ0v) is 11.9. The van der Waals surface area contributed by atoms with Crippen LogP contribution in [0.5, 0.6) is 0 Å². The molecule has 1 aromatic heterocycles. The Morgan fingerprint density at radius 1 is 1.22 bits per heavy atom. The van der Waals surface area contributed by atoms with Gasteiger partial charge in [0.1, 0.15) is 4.99 Å². The first-order valence-electron chi connectivity index (χ1n) is 6.62. The number of rotatable bonds is 4. The lowest BCUT2D eigenvalue weighted by atomic mass is 10.0. The number of nitrogens with zero attached hydrogens (tertiary/aromatic N) is 3. The standard InChI is InChI=1S/C13H20N4S/c1-3-9-10(4-2)15-16-13(11(9)12(14)18)17-7-5-6-8-17/h3-8H2,1-2H3,(H2,14,18). The van der Waals surface area contributed by atoms with Crippen molar-refractivity contribution in [2.45, 2.75) is 39.5 Å². The van der Waals surface area contributed by atoms with E-state index in [0.717, 1.165) is 43.0 Å². The predicted molar refractivity (Wildman–Crippen MR) is 78.1 cm³/mol. The Morgan fingerprint density at radius 2 is 1.89 bits per heavy atom. The third kappa shape index (κ3) is 2.32. The molecule has 0 spiro atoms. The Balaban J connectivity index is 2.55. The van der Waals surface area contributed by atoms with Gasteiger partial charge >= 0.3 is 0 Å². The fraction of sp³-hybridized carbons (Fsp3) is 0.615. The van der Waals surface area contributed by atoms with Crippen molar-refractivity contribution in [2.75, 3.05) is 18.0 Å². The Morgan fingerprint density at radius 3 is 2.39 bits per heavy atom. The van der Waals surface area contributed by atoms with E-state index in [2.05, 4.69) is 28.9 Å². The van der Waals surface area contributed by atoms with Crippen LogP contribution >= 0.6 is 12.2 Å². The molecule has 98 valence electrons. The van der Waals surface area contributed by atoms with Gasteiger partial charge in [0, 0.05) is 13.1 Å². The van der Waals surface area contributed by atoms with E-state index >= 15 is 0 Å². The zero-order valence-electron chi connectivity index (χ0n) is 11.1. The first kappa shape index (κ1) is 13.2. The molecule has 0 saturated carbocycles. The number of hydrogen-bond acceptors (Lipinski definition) is 4. The summed E-state index contributed by atoms with van der Waals surface area (Å²) in [6.07, 6.45) is 4.17. The summed E-state index contributed by atoms with van der Waals surface area (Å²) in [6, 6.07) is 0. The second-order valence-corrected chi connectivity index (χ2v) is 5.03. The number of hydrogen-bond donors (Lipinski definition) is 1. The van der Waals surface area contributed by atoms with Crippen LogP contribution in [0, 0.1) is 0 Å². The minimum Gasteiger partial charge on any atom is -0.389 e. The van der Waals surface area contributed by atoms with E-state index in [1.165, 1.54) is 18.4 Å². The van der Waals surface area contributed by atoms with E-state index in [0.29, 0.717) is 4.99 Å². The molecule has 0 radical (unpaired) electrons.